The van der Waals surface area contributed by atoms with Crippen LogP contribution in [0.1, 0.15) is 39.0 Å². The molecule has 0 spiro atoms. The molecule has 1 aliphatic rings. The molecule has 0 bridgehead atoms. The van der Waals surface area contributed by atoms with Crippen molar-refractivity contribution in [3.05, 3.63) is 12.2 Å². The van der Waals surface area contributed by atoms with E-state index in [1.54, 1.807) is 0 Å². The highest BCUT2D eigenvalue weighted by Gasteiger charge is 2.16. The van der Waals surface area contributed by atoms with Gasteiger partial charge in [0.25, 0.3) is 0 Å². The summed E-state index contributed by atoms with van der Waals surface area (Å²) in [5.41, 5.74) is 6.75. The first-order valence-corrected chi connectivity index (χ1v) is 6.35. The third kappa shape index (κ3) is 4.80. The van der Waals surface area contributed by atoms with Gasteiger partial charge in [0.05, 0.1) is 0 Å². The van der Waals surface area contributed by atoms with Gasteiger partial charge in [-0.3, -0.25) is 4.90 Å². The van der Waals surface area contributed by atoms with Crippen LogP contribution >= 0.6 is 0 Å². The first-order valence-electron chi connectivity index (χ1n) is 6.35. The summed E-state index contributed by atoms with van der Waals surface area (Å²) in [6, 6.07) is 0. The molecule has 1 atom stereocenters. The summed E-state index contributed by atoms with van der Waals surface area (Å²) >= 11 is 0. The molecular formula is C13H26N2. The molecular weight excluding hydrogens is 184 g/mol. The van der Waals surface area contributed by atoms with E-state index >= 15 is 0 Å². The molecule has 0 aromatic heterocycles. The maximum atomic E-state index is 5.58. The summed E-state index contributed by atoms with van der Waals surface area (Å²) < 4.78 is 0. The second-order valence-electron chi connectivity index (χ2n) is 4.82. The van der Waals surface area contributed by atoms with Crippen molar-refractivity contribution < 1.29 is 0 Å². The van der Waals surface area contributed by atoms with Gasteiger partial charge < -0.3 is 5.73 Å². The standard InChI is InChI=1S/C13H26N2/c1-3-5-13-6-4-8-15(9-7-13)11-12(2)10-14/h13H,2-11,14H2,1H3. The van der Waals surface area contributed by atoms with E-state index in [0.29, 0.717) is 6.54 Å². The number of hydrogen-bond acceptors (Lipinski definition) is 2. The minimum Gasteiger partial charge on any atom is -0.327 e. The Labute approximate surface area is 94.5 Å². The molecule has 1 saturated heterocycles. The van der Waals surface area contributed by atoms with Crippen molar-refractivity contribution in [1.29, 1.82) is 0 Å². The summed E-state index contributed by atoms with van der Waals surface area (Å²) in [5, 5.41) is 0. The Morgan fingerprint density at radius 1 is 1.40 bits per heavy atom. The van der Waals surface area contributed by atoms with E-state index in [4.69, 9.17) is 5.73 Å². The van der Waals surface area contributed by atoms with Crippen LogP contribution in [0.2, 0.25) is 0 Å². The highest BCUT2D eigenvalue weighted by Crippen LogP contribution is 2.21. The Morgan fingerprint density at radius 2 is 2.20 bits per heavy atom. The Bertz CT molecular complexity index is 189. The fourth-order valence-corrected chi connectivity index (χ4v) is 2.46. The zero-order valence-electron chi connectivity index (χ0n) is 10.2. The van der Waals surface area contributed by atoms with Crippen molar-refractivity contribution in [3.8, 4) is 0 Å². The summed E-state index contributed by atoms with van der Waals surface area (Å²) in [5.74, 6) is 0.964. The van der Waals surface area contributed by atoms with E-state index in [-0.39, 0.29) is 0 Å². The molecule has 1 aliphatic heterocycles. The second kappa shape index (κ2) is 7.02. The van der Waals surface area contributed by atoms with Gasteiger partial charge >= 0.3 is 0 Å². The largest absolute Gasteiger partial charge is 0.327 e. The molecule has 0 saturated carbocycles. The molecule has 0 radical (unpaired) electrons. The van der Waals surface area contributed by atoms with E-state index in [1.165, 1.54) is 50.8 Å². The van der Waals surface area contributed by atoms with Crippen LogP contribution in [-0.4, -0.2) is 31.1 Å². The lowest BCUT2D eigenvalue weighted by Crippen LogP contribution is -2.28. The fraction of sp³-hybridized carbons (Fsp3) is 0.846. The zero-order chi connectivity index (χ0) is 11.1. The van der Waals surface area contributed by atoms with Crippen molar-refractivity contribution in [2.45, 2.75) is 39.0 Å². The van der Waals surface area contributed by atoms with Gasteiger partial charge in [-0.05, 0) is 43.8 Å². The van der Waals surface area contributed by atoms with Crippen molar-refractivity contribution in [1.82, 2.24) is 4.90 Å². The van der Waals surface area contributed by atoms with Crippen LogP contribution in [-0.2, 0) is 0 Å². The molecule has 0 aromatic carbocycles. The second-order valence-corrected chi connectivity index (χ2v) is 4.82. The minimum atomic E-state index is 0.634. The van der Waals surface area contributed by atoms with Gasteiger partial charge in [-0.2, -0.15) is 0 Å². The third-order valence-electron chi connectivity index (χ3n) is 3.37. The number of nitrogens with zero attached hydrogens (tertiary/aromatic N) is 1. The number of hydrogen-bond donors (Lipinski definition) is 1. The molecule has 1 heterocycles. The molecule has 1 fully saturated rings. The summed E-state index contributed by atoms with van der Waals surface area (Å²) in [4.78, 5) is 2.52. The highest BCUT2D eigenvalue weighted by atomic mass is 15.1. The Kier molecular flexibility index (Phi) is 5.96. The molecule has 1 unspecified atom stereocenters. The van der Waals surface area contributed by atoms with Gasteiger partial charge in [-0.1, -0.05) is 26.3 Å². The number of rotatable bonds is 5. The lowest BCUT2D eigenvalue weighted by Gasteiger charge is -2.20. The molecule has 0 aliphatic carbocycles. The van der Waals surface area contributed by atoms with Gasteiger partial charge in [0.2, 0.25) is 0 Å². The summed E-state index contributed by atoms with van der Waals surface area (Å²) in [6.45, 7) is 10.4. The van der Waals surface area contributed by atoms with Crippen LogP contribution in [0.15, 0.2) is 12.2 Å². The predicted octanol–water partition coefficient (Wildman–Crippen LogP) is 2.40. The minimum absolute atomic E-state index is 0.634. The number of likely N-dealkylation sites (tertiary alicyclic amines) is 1. The van der Waals surface area contributed by atoms with Gasteiger partial charge in [0.1, 0.15) is 0 Å². The Morgan fingerprint density at radius 3 is 2.87 bits per heavy atom. The zero-order valence-corrected chi connectivity index (χ0v) is 10.2. The van der Waals surface area contributed by atoms with Gasteiger partial charge in [0.15, 0.2) is 0 Å². The van der Waals surface area contributed by atoms with Crippen LogP contribution < -0.4 is 5.73 Å². The highest BCUT2D eigenvalue weighted by molar-refractivity contribution is 4.98. The maximum Gasteiger partial charge on any atom is 0.0202 e. The summed E-state index contributed by atoms with van der Waals surface area (Å²) in [6.07, 6.45) is 6.87. The summed E-state index contributed by atoms with van der Waals surface area (Å²) in [7, 11) is 0. The Balaban J connectivity index is 2.29. The van der Waals surface area contributed by atoms with E-state index in [2.05, 4.69) is 18.4 Å². The van der Waals surface area contributed by atoms with E-state index in [1.807, 2.05) is 0 Å². The average molecular weight is 210 g/mol. The van der Waals surface area contributed by atoms with Crippen molar-refractivity contribution in [3.63, 3.8) is 0 Å². The van der Waals surface area contributed by atoms with Crippen molar-refractivity contribution >= 4 is 0 Å². The van der Waals surface area contributed by atoms with Crippen LogP contribution in [0.3, 0.4) is 0 Å². The monoisotopic (exact) mass is 210 g/mol. The fourth-order valence-electron chi connectivity index (χ4n) is 2.46. The SMILES string of the molecule is C=C(CN)CN1CCCC(CCC)CC1. The lowest BCUT2D eigenvalue weighted by atomic mass is 9.96. The van der Waals surface area contributed by atoms with Crippen LogP contribution in [0.4, 0.5) is 0 Å². The molecule has 15 heavy (non-hydrogen) atoms. The molecule has 1 rings (SSSR count). The lowest BCUT2D eigenvalue weighted by molar-refractivity contribution is 0.301. The van der Waals surface area contributed by atoms with E-state index in [9.17, 15) is 0 Å². The predicted molar refractivity (Wildman–Crippen MR) is 66.9 cm³/mol. The van der Waals surface area contributed by atoms with E-state index in [0.717, 1.165) is 12.5 Å². The smallest absolute Gasteiger partial charge is 0.0202 e. The molecule has 2 heteroatoms. The van der Waals surface area contributed by atoms with Crippen LogP contribution in [0.5, 0.6) is 0 Å². The average Bonchev–Trinajstić information content (AvgIpc) is 2.45. The molecule has 88 valence electrons. The first kappa shape index (κ1) is 12.7. The topological polar surface area (TPSA) is 29.3 Å². The first-order chi connectivity index (χ1) is 7.26. The quantitative estimate of drug-likeness (QED) is 0.706. The van der Waals surface area contributed by atoms with Gasteiger partial charge in [0, 0.05) is 13.1 Å². The number of nitrogens with two attached hydrogens (primary N) is 1. The van der Waals surface area contributed by atoms with Gasteiger partial charge in [-0.25, -0.2) is 0 Å². The third-order valence-corrected chi connectivity index (χ3v) is 3.37. The maximum absolute atomic E-state index is 5.58. The normalized spacial score (nSPS) is 23.7. The van der Waals surface area contributed by atoms with Crippen molar-refractivity contribution in [2.75, 3.05) is 26.2 Å². The van der Waals surface area contributed by atoms with Crippen molar-refractivity contribution in [2.24, 2.45) is 11.7 Å². The molecule has 2 nitrogen and oxygen atoms in total. The molecule has 2 N–H and O–H groups in total. The molecule has 0 aromatic rings. The van der Waals surface area contributed by atoms with Crippen LogP contribution in [0, 0.1) is 5.92 Å². The van der Waals surface area contributed by atoms with Gasteiger partial charge in [-0.15, -0.1) is 0 Å². The van der Waals surface area contributed by atoms with Crippen LogP contribution in [0.25, 0.3) is 0 Å². The van der Waals surface area contributed by atoms with E-state index < -0.39 is 0 Å². The molecule has 0 amide bonds. The Hall–Kier alpha value is -0.340.